The Hall–Kier alpha value is -3.68. The van der Waals surface area contributed by atoms with E-state index in [0.29, 0.717) is 18.0 Å². The molecule has 0 aromatic heterocycles. The number of hydrazone groups is 1. The van der Waals surface area contributed by atoms with Crippen molar-refractivity contribution in [1.29, 1.82) is 0 Å². The Balaban J connectivity index is 1.60. The Bertz CT molecular complexity index is 1450. The van der Waals surface area contributed by atoms with Crippen molar-refractivity contribution in [2.45, 2.75) is 58.5 Å². The molecule has 8 heteroatoms. The van der Waals surface area contributed by atoms with Crippen LogP contribution < -0.4 is 14.6 Å². The van der Waals surface area contributed by atoms with Crippen LogP contribution >= 0.6 is 0 Å². The number of aryl methyl sites for hydroxylation is 1. The largest absolute Gasteiger partial charge is 0.497 e. The van der Waals surface area contributed by atoms with Gasteiger partial charge >= 0.3 is 6.18 Å². The van der Waals surface area contributed by atoms with Crippen LogP contribution in [0.1, 0.15) is 62.6 Å². The molecule has 3 heterocycles. The number of benzene rings is 2. The first kappa shape index (κ1) is 27.5. The molecule has 1 aliphatic carbocycles. The molecular weight excluding hydrogens is 525 g/mol. The lowest BCUT2D eigenvalue weighted by Crippen LogP contribution is -2.33. The Kier molecular flexibility index (Phi) is 7.12. The van der Waals surface area contributed by atoms with E-state index in [9.17, 15) is 13.2 Å². The van der Waals surface area contributed by atoms with Crippen LogP contribution in [-0.2, 0) is 12.6 Å². The normalized spacial score (nSPS) is 18.8. The van der Waals surface area contributed by atoms with Crippen LogP contribution in [0.3, 0.4) is 0 Å². The standard InChI is InChI=1S/C33H37F3N4O/c1-5-22-16-24(18-26(17-22)41-4)30-27-12-15-39(20-21(2)3)32(27)31(23-8-9-23)40(37-30)29-19-25(38-13-6-7-14-38)10-11-28(29)33(34,35)36/h10-11,16-19H,2,5-9,12-15,20H2,1,3-4H3. The summed E-state index contributed by atoms with van der Waals surface area (Å²) in [6.45, 7) is 11.3. The molecule has 2 aromatic carbocycles. The first-order chi connectivity index (χ1) is 19.7. The number of hydrogen-bond donors (Lipinski definition) is 0. The highest BCUT2D eigenvalue weighted by Gasteiger charge is 2.43. The average Bonchev–Trinajstić information content (AvgIpc) is 3.47. The SMILES string of the molecule is C=C(C)CN1CCC2=C1C(=C1CC1)N(c1cc(N3CCCC3)ccc1C(F)(F)F)N=C2c1cc(CC)cc(OC)c1. The van der Waals surface area contributed by atoms with Crippen LogP contribution in [0.5, 0.6) is 5.75 Å². The topological polar surface area (TPSA) is 31.3 Å². The molecule has 5 nitrogen and oxygen atoms in total. The fourth-order valence-corrected chi connectivity index (χ4v) is 6.23. The van der Waals surface area contributed by atoms with E-state index in [0.717, 1.165) is 103 Å². The van der Waals surface area contributed by atoms with Gasteiger partial charge in [0.05, 0.1) is 35.5 Å². The maximum atomic E-state index is 14.6. The summed E-state index contributed by atoms with van der Waals surface area (Å²) in [6, 6.07) is 10.6. The molecule has 216 valence electrons. The minimum absolute atomic E-state index is 0.0844. The van der Waals surface area contributed by atoms with Crippen LogP contribution in [0, 0.1) is 0 Å². The van der Waals surface area contributed by atoms with E-state index < -0.39 is 11.7 Å². The lowest BCUT2D eigenvalue weighted by molar-refractivity contribution is -0.137. The quantitative estimate of drug-likeness (QED) is 0.324. The highest BCUT2D eigenvalue weighted by molar-refractivity contribution is 6.15. The summed E-state index contributed by atoms with van der Waals surface area (Å²) in [5.41, 5.74) is 7.92. The van der Waals surface area contributed by atoms with Crippen molar-refractivity contribution in [1.82, 2.24) is 4.90 Å². The molecule has 0 radical (unpaired) electrons. The van der Waals surface area contributed by atoms with Gasteiger partial charge < -0.3 is 14.5 Å². The van der Waals surface area contributed by atoms with Crippen molar-refractivity contribution < 1.29 is 17.9 Å². The van der Waals surface area contributed by atoms with Crippen molar-refractivity contribution in [3.8, 4) is 5.75 Å². The number of nitrogens with zero attached hydrogens (tertiary/aromatic N) is 4. The molecule has 0 unspecified atom stereocenters. The van der Waals surface area contributed by atoms with E-state index in [1.54, 1.807) is 24.3 Å². The third kappa shape index (κ3) is 5.24. The molecule has 0 amide bonds. The van der Waals surface area contributed by atoms with Gasteiger partial charge in [-0.3, -0.25) is 0 Å². The summed E-state index contributed by atoms with van der Waals surface area (Å²) in [5.74, 6) is 0.714. The average molecular weight is 563 g/mol. The van der Waals surface area contributed by atoms with Crippen LogP contribution in [0.4, 0.5) is 24.5 Å². The van der Waals surface area contributed by atoms with Gasteiger partial charge in [-0.05, 0) is 93.0 Å². The molecule has 1 saturated carbocycles. The molecule has 0 bridgehead atoms. The number of halogens is 3. The van der Waals surface area contributed by atoms with Crippen molar-refractivity contribution in [3.05, 3.63) is 87.8 Å². The second-order valence-electron chi connectivity index (χ2n) is 11.5. The number of allylic oxidation sites excluding steroid dienone is 1. The number of ether oxygens (including phenoxy) is 1. The molecule has 4 aliphatic rings. The van der Waals surface area contributed by atoms with E-state index in [1.165, 1.54) is 6.07 Å². The molecule has 2 aromatic rings. The highest BCUT2D eigenvalue weighted by atomic mass is 19.4. The molecular formula is C33H37F3N4O. The van der Waals surface area contributed by atoms with E-state index in [4.69, 9.17) is 9.84 Å². The van der Waals surface area contributed by atoms with Gasteiger partial charge in [-0.15, -0.1) is 0 Å². The summed E-state index contributed by atoms with van der Waals surface area (Å²) in [4.78, 5) is 4.45. The zero-order valence-corrected chi connectivity index (χ0v) is 24.1. The summed E-state index contributed by atoms with van der Waals surface area (Å²) in [6.07, 6.45) is 0.853. The van der Waals surface area contributed by atoms with Gasteiger partial charge in [0, 0.05) is 43.0 Å². The summed E-state index contributed by atoms with van der Waals surface area (Å²) < 4.78 is 49.5. The second-order valence-corrected chi connectivity index (χ2v) is 11.5. The van der Waals surface area contributed by atoms with Crippen LogP contribution in [0.25, 0.3) is 0 Å². The lowest BCUT2D eigenvalue weighted by Gasteiger charge is -2.35. The van der Waals surface area contributed by atoms with Gasteiger partial charge in [-0.25, -0.2) is 5.01 Å². The fraction of sp³-hybridized carbons (Fsp3) is 0.424. The van der Waals surface area contributed by atoms with Gasteiger partial charge in [-0.1, -0.05) is 19.1 Å². The molecule has 0 atom stereocenters. The van der Waals surface area contributed by atoms with E-state index in [-0.39, 0.29) is 5.69 Å². The van der Waals surface area contributed by atoms with Crippen LogP contribution in [0.2, 0.25) is 0 Å². The Morgan fingerprint density at radius 3 is 2.39 bits per heavy atom. The number of rotatable bonds is 7. The van der Waals surface area contributed by atoms with E-state index in [1.807, 2.05) is 19.1 Å². The van der Waals surface area contributed by atoms with Crippen molar-refractivity contribution >= 4 is 17.1 Å². The van der Waals surface area contributed by atoms with Crippen LogP contribution in [-0.4, -0.2) is 43.9 Å². The molecule has 2 fully saturated rings. The molecule has 6 rings (SSSR count). The monoisotopic (exact) mass is 562 g/mol. The van der Waals surface area contributed by atoms with Gasteiger partial charge in [0.1, 0.15) is 5.75 Å². The fourth-order valence-electron chi connectivity index (χ4n) is 6.23. The maximum Gasteiger partial charge on any atom is 0.418 e. The minimum Gasteiger partial charge on any atom is -0.497 e. The van der Waals surface area contributed by atoms with Crippen molar-refractivity contribution in [2.24, 2.45) is 5.10 Å². The van der Waals surface area contributed by atoms with Gasteiger partial charge in [-0.2, -0.15) is 18.3 Å². The Morgan fingerprint density at radius 2 is 1.76 bits per heavy atom. The van der Waals surface area contributed by atoms with Gasteiger partial charge in [0.25, 0.3) is 0 Å². The Labute approximate surface area is 240 Å². The van der Waals surface area contributed by atoms with E-state index in [2.05, 4.69) is 29.4 Å². The first-order valence-corrected chi connectivity index (χ1v) is 14.6. The predicted molar refractivity (Wildman–Crippen MR) is 159 cm³/mol. The maximum absolute atomic E-state index is 14.6. The number of methoxy groups -OCH3 is 1. The number of anilines is 2. The minimum atomic E-state index is -4.53. The molecule has 0 N–H and O–H groups in total. The van der Waals surface area contributed by atoms with Crippen molar-refractivity contribution in [3.63, 3.8) is 0 Å². The first-order valence-electron chi connectivity index (χ1n) is 14.6. The summed E-state index contributed by atoms with van der Waals surface area (Å²) in [5, 5.41) is 6.74. The third-order valence-corrected chi connectivity index (χ3v) is 8.32. The third-order valence-electron chi connectivity index (χ3n) is 8.32. The second kappa shape index (κ2) is 10.6. The summed E-state index contributed by atoms with van der Waals surface area (Å²) in [7, 11) is 1.64. The smallest absolute Gasteiger partial charge is 0.418 e. The highest BCUT2D eigenvalue weighted by Crippen LogP contribution is 2.49. The van der Waals surface area contributed by atoms with Crippen LogP contribution in [0.15, 0.2) is 76.2 Å². The zero-order valence-electron chi connectivity index (χ0n) is 24.1. The lowest BCUT2D eigenvalue weighted by atomic mass is 9.94. The Morgan fingerprint density at radius 1 is 1.00 bits per heavy atom. The zero-order chi connectivity index (χ0) is 28.9. The molecule has 1 saturated heterocycles. The number of hydrogen-bond acceptors (Lipinski definition) is 5. The molecule has 41 heavy (non-hydrogen) atoms. The number of alkyl halides is 3. The van der Waals surface area contributed by atoms with Crippen molar-refractivity contribution in [2.75, 3.05) is 43.2 Å². The predicted octanol–water partition coefficient (Wildman–Crippen LogP) is 7.68. The molecule has 0 spiro atoms. The van der Waals surface area contributed by atoms with Gasteiger partial charge in [0.15, 0.2) is 0 Å². The summed E-state index contributed by atoms with van der Waals surface area (Å²) >= 11 is 0. The molecule has 3 aliphatic heterocycles. The van der Waals surface area contributed by atoms with Gasteiger partial charge in [0.2, 0.25) is 0 Å². The van der Waals surface area contributed by atoms with E-state index >= 15 is 0 Å².